The molecule has 1 unspecified atom stereocenters. The Morgan fingerprint density at radius 2 is 2.08 bits per heavy atom. The van der Waals surface area contributed by atoms with Gasteiger partial charge in [-0.1, -0.05) is 0 Å². The Bertz CT molecular complexity index is 1230. The number of nitriles is 1. The molecule has 0 spiro atoms. The zero-order valence-electron chi connectivity index (χ0n) is 21.7. The number of pyridine rings is 1. The highest BCUT2D eigenvalue weighted by Gasteiger charge is 2.30. The molecule has 4 heterocycles. The van der Waals surface area contributed by atoms with Crippen molar-refractivity contribution in [3.05, 3.63) is 46.7 Å². The molecule has 37 heavy (non-hydrogen) atoms. The normalized spacial score (nSPS) is 20.1. The summed E-state index contributed by atoms with van der Waals surface area (Å²) in [7, 11) is 0. The predicted molar refractivity (Wildman–Crippen MR) is 144 cm³/mol. The van der Waals surface area contributed by atoms with E-state index in [1.165, 1.54) is 6.21 Å². The Morgan fingerprint density at radius 3 is 2.78 bits per heavy atom. The van der Waals surface area contributed by atoms with Gasteiger partial charge in [-0.05, 0) is 52.5 Å². The zero-order chi connectivity index (χ0) is 26.5. The van der Waals surface area contributed by atoms with Crippen molar-refractivity contribution in [3.63, 3.8) is 0 Å². The quantitative estimate of drug-likeness (QED) is 0.489. The van der Waals surface area contributed by atoms with Crippen LogP contribution in [-0.2, 0) is 0 Å². The van der Waals surface area contributed by atoms with Crippen molar-refractivity contribution in [1.29, 1.82) is 10.7 Å². The lowest BCUT2D eigenvalue weighted by molar-refractivity contribution is 0.0652. The van der Waals surface area contributed by atoms with Gasteiger partial charge in [-0.25, -0.2) is 15.0 Å². The Morgan fingerprint density at radius 1 is 1.27 bits per heavy atom. The standard InChI is InChI=1S/C27H35N9O/c1-17(2)33-25-20(13-29)10-21(15-32-25)27(37)36-8-5-4-6-23(36)22(30)11-24-31-14-18(3)26(34-24)35-9-7-19(12-28)16-35/h10-11,13-15,17,19,23,29H,4-9,16,30H2,1-3H3,(H,32,33)/t19?,23-/m0/s1. The molecule has 2 aromatic heterocycles. The molecule has 10 heteroatoms. The maximum atomic E-state index is 13.5. The van der Waals surface area contributed by atoms with Gasteiger partial charge >= 0.3 is 0 Å². The van der Waals surface area contributed by atoms with E-state index in [2.05, 4.69) is 26.3 Å². The van der Waals surface area contributed by atoms with Crippen LogP contribution in [0.25, 0.3) is 6.08 Å². The Hall–Kier alpha value is -4.00. The second-order valence-electron chi connectivity index (χ2n) is 10.1. The SMILES string of the molecule is Cc1cnc(C=C(N)[C@@H]2CCCCN2C(=O)c2cnc(NC(C)C)c(C=N)c2)nc1N1CCC(C#N)C1. The number of carbonyl (C=O) groups is 1. The molecule has 0 saturated carbocycles. The van der Waals surface area contributed by atoms with Crippen molar-refractivity contribution in [2.75, 3.05) is 29.9 Å². The van der Waals surface area contributed by atoms with E-state index in [-0.39, 0.29) is 23.9 Å². The summed E-state index contributed by atoms with van der Waals surface area (Å²) in [6, 6.07) is 3.93. The summed E-state index contributed by atoms with van der Waals surface area (Å²) in [6.45, 7) is 8.00. The van der Waals surface area contributed by atoms with E-state index in [0.717, 1.165) is 43.6 Å². The number of nitrogens with two attached hydrogens (primary N) is 1. The number of rotatable bonds is 7. The van der Waals surface area contributed by atoms with Gasteiger partial charge in [0.05, 0.1) is 23.6 Å². The number of hydrogen-bond acceptors (Lipinski definition) is 9. The number of nitrogens with zero attached hydrogens (tertiary/aromatic N) is 6. The lowest BCUT2D eigenvalue weighted by Gasteiger charge is -2.36. The third-order valence-electron chi connectivity index (χ3n) is 6.82. The van der Waals surface area contributed by atoms with Crippen LogP contribution in [0.2, 0.25) is 0 Å². The number of amides is 1. The fourth-order valence-corrected chi connectivity index (χ4v) is 4.93. The Kier molecular flexibility index (Phi) is 8.01. The number of nitrogens with one attached hydrogen (secondary N) is 2. The highest BCUT2D eigenvalue weighted by atomic mass is 16.2. The molecule has 0 aliphatic carbocycles. The number of piperidine rings is 1. The molecule has 4 rings (SSSR count). The summed E-state index contributed by atoms with van der Waals surface area (Å²) in [4.78, 5) is 31.1. The lowest BCUT2D eigenvalue weighted by atomic mass is 9.98. The van der Waals surface area contributed by atoms with Gasteiger partial charge in [-0.2, -0.15) is 5.26 Å². The van der Waals surface area contributed by atoms with Gasteiger partial charge in [0.25, 0.3) is 5.91 Å². The number of likely N-dealkylation sites (tertiary alicyclic amines) is 1. The van der Waals surface area contributed by atoms with E-state index >= 15 is 0 Å². The van der Waals surface area contributed by atoms with Gasteiger partial charge in [-0.15, -0.1) is 0 Å². The highest BCUT2D eigenvalue weighted by molar-refractivity contribution is 5.97. The highest BCUT2D eigenvalue weighted by Crippen LogP contribution is 2.27. The lowest BCUT2D eigenvalue weighted by Crippen LogP contribution is -2.46. The van der Waals surface area contributed by atoms with E-state index in [9.17, 15) is 10.1 Å². The second kappa shape index (κ2) is 11.4. The van der Waals surface area contributed by atoms with E-state index in [1.807, 2.05) is 20.8 Å². The molecular formula is C27H35N9O. The summed E-state index contributed by atoms with van der Waals surface area (Å²) in [5.74, 6) is 1.76. The van der Waals surface area contributed by atoms with Crippen molar-refractivity contribution in [3.8, 4) is 6.07 Å². The van der Waals surface area contributed by atoms with E-state index < -0.39 is 0 Å². The van der Waals surface area contributed by atoms with E-state index in [4.69, 9.17) is 16.1 Å². The molecule has 2 aliphatic rings. The smallest absolute Gasteiger partial charge is 0.256 e. The molecule has 1 amide bonds. The van der Waals surface area contributed by atoms with Crippen molar-refractivity contribution in [2.24, 2.45) is 11.7 Å². The first-order chi connectivity index (χ1) is 17.8. The van der Waals surface area contributed by atoms with Crippen LogP contribution in [0.15, 0.2) is 24.2 Å². The van der Waals surface area contributed by atoms with Crippen LogP contribution in [0.3, 0.4) is 0 Å². The molecule has 0 bridgehead atoms. The van der Waals surface area contributed by atoms with Gasteiger partial charge in [0.2, 0.25) is 0 Å². The Balaban J connectivity index is 1.57. The molecular weight excluding hydrogens is 466 g/mol. The molecule has 0 radical (unpaired) electrons. The molecule has 2 fully saturated rings. The zero-order valence-corrected chi connectivity index (χ0v) is 21.7. The fraction of sp³-hybridized carbons (Fsp3) is 0.481. The first-order valence-electron chi connectivity index (χ1n) is 12.8. The number of hydrogen-bond donors (Lipinski definition) is 3. The average Bonchev–Trinajstić information content (AvgIpc) is 3.38. The monoisotopic (exact) mass is 501 g/mol. The van der Waals surface area contributed by atoms with Crippen LogP contribution < -0.4 is 16.0 Å². The molecule has 2 aromatic rings. The van der Waals surface area contributed by atoms with Gasteiger partial charge in [0, 0.05) is 67.2 Å². The minimum Gasteiger partial charge on any atom is -0.400 e. The topological polar surface area (TPSA) is 148 Å². The predicted octanol–water partition coefficient (Wildman–Crippen LogP) is 3.34. The summed E-state index contributed by atoms with van der Waals surface area (Å²) < 4.78 is 0. The minimum absolute atomic E-state index is 0.0121. The summed E-state index contributed by atoms with van der Waals surface area (Å²) in [5.41, 5.74) is 9.07. The van der Waals surface area contributed by atoms with Crippen molar-refractivity contribution in [2.45, 2.75) is 58.5 Å². The molecule has 2 saturated heterocycles. The van der Waals surface area contributed by atoms with E-state index in [0.29, 0.717) is 41.6 Å². The van der Waals surface area contributed by atoms with Gasteiger partial charge in [0.15, 0.2) is 5.82 Å². The van der Waals surface area contributed by atoms with Crippen LogP contribution in [0.5, 0.6) is 0 Å². The van der Waals surface area contributed by atoms with Crippen LogP contribution in [0, 0.1) is 29.6 Å². The van der Waals surface area contributed by atoms with Crippen LogP contribution in [-0.4, -0.2) is 63.7 Å². The molecule has 4 N–H and O–H groups in total. The van der Waals surface area contributed by atoms with Gasteiger partial charge in [-0.3, -0.25) is 4.79 Å². The van der Waals surface area contributed by atoms with E-state index in [1.54, 1.807) is 29.4 Å². The summed E-state index contributed by atoms with van der Waals surface area (Å²) in [5, 5.41) is 20.2. The van der Waals surface area contributed by atoms with Crippen LogP contribution in [0.1, 0.15) is 66.8 Å². The number of aryl methyl sites for hydroxylation is 1. The minimum atomic E-state index is -0.277. The first-order valence-corrected chi connectivity index (χ1v) is 12.8. The van der Waals surface area contributed by atoms with Gasteiger partial charge < -0.3 is 26.3 Å². The number of anilines is 2. The molecule has 0 aromatic carbocycles. The summed E-state index contributed by atoms with van der Waals surface area (Å²) in [6.07, 6.45) is 9.75. The fourth-order valence-electron chi connectivity index (χ4n) is 4.93. The maximum absolute atomic E-state index is 13.5. The third kappa shape index (κ3) is 5.88. The maximum Gasteiger partial charge on any atom is 0.256 e. The second-order valence-corrected chi connectivity index (χ2v) is 10.1. The number of aromatic nitrogens is 3. The van der Waals surface area contributed by atoms with Crippen molar-refractivity contribution < 1.29 is 4.79 Å². The summed E-state index contributed by atoms with van der Waals surface area (Å²) >= 11 is 0. The number of carbonyl (C=O) groups excluding carboxylic acids is 1. The van der Waals surface area contributed by atoms with Crippen molar-refractivity contribution in [1.82, 2.24) is 19.9 Å². The van der Waals surface area contributed by atoms with Crippen LogP contribution >= 0.6 is 0 Å². The molecule has 2 aliphatic heterocycles. The Labute approximate surface area is 218 Å². The van der Waals surface area contributed by atoms with Crippen LogP contribution in [0.4, 0.5) is 11.6 Å². The van der Waals surface area contributed by atoms with Crippen molar-refractivity contribution >= 4 is 29.8 Å². The molecule has 194 valence electrons. The molecule has 10 nitrogen and oxygen atoms in total. The largest absolute Gasteiger partial charge is 0.400 e. The third-order valence-corrected chi connectivity index (χ3v) is 6.82. The van der Waals surface area contributed by atoms with Gasteiger partial charge in [0.1, 0.15) is 11.6 Å². The average molecular weight is 502 g/mol. The molecule has 2 atom stereocenters. The first kappa shape index (κ1) is 26.1.